The molecule has 5 heterocycles. The fraction of sp³-hybridized carbons (Fsp3) is 0.250. The minimum Gasteiger partial charge on any atom is -0.543 e. The number of halogens is 1. The number of hydrogen-bond donors (Lipinski definition) is 3. The van der Waals surface area contributed by atoms with Gasteiger partial charge in [0.25, 0.3) is 18.7 Å². The van der Waals surface area contributed by atoms with Gasteiger partial charge in [0.2, 0.25) is 5.82 Å². The van der Waals surface area contributed by atoms with Gasteiger partial charge in [-0.05, 0) is 0 Å². The van der Waals surface area contributed by atoms with E-state index in [-0.39, 0.29) is 34.5 Å². The lowest BCUT2D eigenvalue weighted by Crippen LogP contribution is -2.71. The number of nitrogens with zero attached hydrogens (tertiary/aromatic N) is 6. The summed E-state index contributed by atoms with van der Waals surface area (Å²) in [5, 5.41) is 23.1. The standard InChI is InChI=1S/C20H18FN9O5S2/c21-8-35-27-13(10-7-37-20(23)25-10)16(31)26-14-17(32)29-15(19(33)34)9(6-36-18(14)29)5-28-4-2-11(22)30-12(28)1-3-24-30/h1-4,7,14,18,22H,5-6,8H2,(H4,23,25,26,31,33,34)/b27-13-/t14-,18?/m1/s1. The molecule has 0 saturated carbocycles. The second-order valence-corrected chi connectivity index (χ2v) is 9.81. The Bertz CT molecular complexity index is 1490. The Balaban J connectivity index is 1.38. The third-order valence-electron chi connectivity index (χ3n) is 5.66. The lowest BCUT2D eigenvalue weighted by molar-refractivity contribution is -0.666. The molecule has 0 spiro atoms. The van der Waals surface area contributed by atoms with E-state index in [9.17, 15) is 23.9 Å². The zero-order valence-electron chi connectivity index (χ0n) is 18.7. The van der Waals surface area contributed by atoms with Gasteiger partial charge < -0.3 is 31.5 Å². The van der Waals surface area contributed by atoms with E-state index in [1.54, 1.807) is 29.1 Å². The van der Waals surface area contributed by atoms with Crippen LogP contribution >= 0.6 is 23.1 Å². The number of carboxylic acid groups (broad SMARTS) is 1. The van der Waals surface area contributed by atoms with Crippen LogP contribution in [0.1, 0.15) is 5.69 Å². The predicted octanol–water partition coefficient (Wildman–Crippen LogP) is -2.01. The first-order valence-electron chi connectivity index (χ1n) is 10.6. The number of hydrogen-bond acceptors (Lipinski definition) is 12. The molecule has 0 aromatic carbocycles. The van der Waals surface area contributed by atoms with Crippen molar-refractivity contribution in [3.63, 3.8) is 0 Å². The van der Waals surface area contributed by atoms with Crippen LogP contribution in [0.15, 0.2) is 46.3 Å². The topological polar surface area (TPSA) is 197 Å². The van der Waals surface area contributed by atoms with Crippen molar-refractivity contribution >= 4 is 63.2 Å². The molecule has 192 valence electrons. The average molecular weight is 548 g/mol. The predicted molar refractivity (Wildman–Crippen MR) is 127 cm³/mol. The number of β-lactam (4-membered cyclic amide) rings is 1. The zero-order valence-corrected chi connectivity index (χ0v) is 20.4. The van der Waals surface area contributed by atoms with Gasteiger partial charge >= 0.3 is 5.65 Å². The second-order valence-electron chi connectivity index (χ2n) is 7.82. The Kier molecular flexibility index (Phi) is 6.38. The monoisotopic (exact) mass is 547 g/mol. The Hall–Kier alpha value is -4.25. The number of aliphatic carboxylic acids is 1. The minimum absolute atomic E-state index is 0.0395. The molecule has 2 aliphatic heterocycles. The number of carbonyl (C=O) groups excluding carboxylic acids is 3. The van der Waals surface area contributed by atoms with Crippen molar-refractivity contribution in [2.45, 2.75) is 18.0 Å². The fourth-order valence-corrected chi connectivity index (χ4v) is 5.94. The SMILES string of the molecule is Nc1nc(/C(=N/OCF)C(=O)N[C@@H]2C(=O)N3C(C(=O)[O-])=C(C[n+]4ccc(N)n5nccc54)CSC23)cs1. The summed E-state index contributed by atoms with van der Waals surface area (Å²) in [5.41, 5.74) is 12.0. The third-order valence-corrected chi connectivity index (χ3v) is 7.67. The van der Waals surface area contributed by atoms with E-state index >= 15 is 0 Å². The first kappa shape index (κ1) is 24.4. The molecular formula is C20H18FN9O5S2. The molecule has 1 unspecified atom stereocenters. The van der Waals surface area contributed by atoms with Crippen molar-refractivity contribution in [3.8, 4) is 0 Å². The number of anilines is 2. The summed E-state index contributed by atoms with van der Waals surface area (Å²) < 4.78 is 15.8. The van der Waals surface area contributed by atoms with Gasteiger partial charge in [0.1, 0.15) is 23.7 Å². The van der Waals surface area contributed by atoms with E-state index in [2.05, 4.69) is 25.4 Å². The molecule has 0 radical (unpaired) electrons. The van der Waals surface area contributed by atoms with Crippen LogP contribution in [0.4, 0.5) is 15.3 Å². The third kappa shape index (κ3) is 4.31. The van der Waals surface area contributed by atoms with E-state index < -0.39 is 36.1 Å². The highest BCUT2D eigenvalue weighted by molar-refractivity contribution is 8.00. The number of rotatable bonds is 8. The number of nitrogens with one attached hydrogen (secondary N) is 1. The van der Waals surface area contributed by atoms with Crippen molar-refractivity contribution < 1.29 is 33.3 Å². The number of fused-ring (bicyclic) bond motifs is 2. The molecule has 2 atom stereocenters. The van der Waals surface area contributed by atoms with E-state index in [0.717, 1.165) is 16.2 Å². The van der Waals surface area contributed by atoms with Crippen LogP contribution in [-0.4, -0.2) is 67.0 Å². The summed E-state index contributed by atoms with van der Waals surface area (Å²) in [5.74, 6) is -2.38. The van der Waals surface area contributed by atoms with Crippen LogP contribution < -0.4 is 26.5 Å². The number of amides is 2. The molecule has 2 amide bonds. The lowest BCUT2D eigenvalue weighted by Gasteiger charge is -2.50. The maximum atomic E-state index is 13.0. The van der Waals surface area contributed by atoms with Gasteiger partial charge in [-0.1, -0.05) is 14.8 Å². The number of oxime groups is 1. The van der Waals surface area contributed by atoms with Crippen molar-refractivity contribution in [1.29, 1.82) is 0 Å². The highest BCUT2D eigenvalue weighted by Gasteiger charge is 2.53. The second kappa shape index (κ2) is 9.66. The minimum atomic E-state index is -1.52. The van der Waals surface area contributed by atoms with Crippen LogP contribution in [0.2, 0.25) is 0 Å². The van der Waals surface area contributed by atoms with Crippen LogP contribution in [0.5, 0.6) is 0 Å². The van der Waals surface area contributed by atoms with Gasteiger partial charge in [0.05, 0.1) is 30.1 Å². The summed E-state index contributed by atoms with van der Waals surface area (Å²) in [6.45, 7) is -1.15. The molecule has 3 aromatic heterocycles. The summed E-state index contributed by atoms with van der Waals surface area (Å²) in [4.78, 5) is 47.4. The number of nitrogens with two attached hydrogens (primary N) is 2. The van der Waals surface area contributed by atoms with E-state index in [4.69, 9.17) is 11.5 Å². The van der Waals surface area contributed by atoms with Gasteiger partial charge in [0.15, 0.2) is 10.8 Å². The molecule has 3 aromatic rings. The van der Waals surface area contributed by atoms with Crippen LogP contribution in [0.25, 0.3) is 5.65 Å². The molecule has 1 saturated heterocycles. The van der Waals surface area contributed by atoms with Crippen molar-refractivity contribution in [1.82, 2.24) is 24.8 Å². The van der Waals surface area contributed by atoms with Crippen LogP contribution in [0, 0.1) is 0 Å². The number of nitrogen functional groups attached to an aromatic ring is 2. The molecule has 1 fully saturated rings. The fourth-order valence-electron chi connectivity index (χ4n) is 4.06. The Morgan fingerprint density at radius 1 is 1.38 bits per heavy atom. The maximum Gasteiger partial charge on any atom is 0.310 e. The Morgan fingerprint density at radius 3 is 2.89 bits per heavy atom. The first-order chi connectivity index (χ1) is 17.8. The molecule has 37 heavy (non-hydrogen) atoms. The van der Waals surface area contributed by atoms with Gasteiger partial charge in [0, 0.05) is 22.8 Å². The molecule has 0 aliphatic carbocycles. The van der Waals surface area contributed by atoms with Crippen molar-refractivity contribution in [2.75, 3.05) is 24.1 Å². The summed E-state index contributed by atoms with van der Waals surface area (Å²) in [6.07, 6.45) is 3.25. The summed E-state index contributed by atoms with van der Waals surface area (Å²) >= 11 is 2.30. The van der Waals surface area contributed by atoms with E-state index in [1.165, 1.54) is 21.7 Å². The van der Waals surface area contributed by atoms with E-state index in [1.807, 2.05) is 0 Å². The van der Waals surface area contributed by atoms with Gasteiger partial charge in [-0.2, -0.15) is 0 Å². The number of carboxylic acids is 1. The maximum absolute atomic E-state index is 13.0. The molecule has 2 aliphatic rings. The molecule has 0 bridgehead atoms. The highest BCUT2D eigenvalue weighted by Crippen LogP contribution is 2.40. The number of alkyl halides is 1. The molecule has 17 heteroatoms. The quantitative estimate of drug-likeness (QED) is 0.123. The molecule has 5 N–H and O–H groups in total. The van der Waals surface area contributed by atoms with Crippen molar-refractivity contribution in [2.24, 2.45) is 5.16 Å². The summed E-state index contributed by atoms with van der Waals surface area (Å²) in [7, 11) is 0. The van der Waals surface area contributed by atoms with Gasteiger partial charge in [-0.3, -0.25) is 14.5 Å². The normalized spacial score (nSPS) is 19.5. The number of thioether (sulfide) groups is 1. The Morgan fingerprint density at radius 2 is 2.19 bits per heavy atom. The largest absolute Gasteiger partial charge is 0.543 e. The van der Waals surface area contributed by atoms with Crippen LogP contribution in [0.3, 0.4) is 0 Å². The smallest absolute Gasteiger partial charge is 0.310 e. The van der Waals surface area contributed by atoms with Gasteiger partial charge in [-0.25, -0.2) is 13.9 Å². The highest BCUT2D eigenvalue weighted by atomic mass is 32.2. The molecule has 5 rings (SSSR count). The zero-order chi connectivity index (χ0) is 26.3. The molecular weight excluding hydrogens is 529 g/mol. The van der Waals surface area contributed by atoms with Crippen LogP contribution in [-0.2, 0) is 25.8 Å². The first-order valence-corrected chi connectivity index (χ1v) is 12.5. The average Bonchev–Trinajstić information content (AvgIpc) is 3.54. The van der Waals surface area contributed by atoms with Gasteiger partial charge in [-0.15, -0.1) is 23.1 Å². The number of aromatic nitrogens is 4. The summed E-state index contributed by atoms with van der Waals surface area (Å²) in [6, 6.07) is 2.28. The number of thiazole rings is 1. The van der Waals surface area contributed by atoms with E-state index in [0.29, 0.717) is 17.0 Å². The Labute approximate surface area is 215 Å². The lowest BCUT2D eigenvalue weighted by atomic mass is 10.0. The number of carbonyl (C=O) groups is 3. The molecule has 14 nitrogen and oxygen atoms in total. The van der Waals surface area contributed by atoms with Crippen molar-refractivity contribution in [3.05, 3.63) is 46.9 Å².